The summed E-state index contributed by atoms with van der Waals surface area (Å²) in [4.78, 5) is 23.2. The SMILES string of the molecule is Cc1cccc(OCCNC(=O)CSc2nc(N)nc(N)n2)c1. The zero-order valence-electron chi connectivity index (χ0n) is 12.7. The predicted octanol–water partition coefficient (Wildman–Crippen LogP) is 0.632. The van der Waals surface area contributed by atoms with Crippen molar-refractivity contribution in [3.8, 4) is 5.75 Å². The summed E-state index contributed by atoms with van der Waals surface area (Å²) in [5.41, 5.74) is 12.0. The minimum atomic E-state index is -0.152. The van der Waals surface area contributed by atoms with Crippen molar-refractivity contribution in [2.24, 2.45) is 0 Å². The molecule has 23 heavy (non-hydrogen) atoms. The molecule has 0 aliphatic carbocycles. The number of ether oxygens (including phenoxy) is 1. The van der Waals surface area contributed by atoms with Crippen LogP contribution in [-0.4, -0.2) is 39.8 Å². The van der Waals surface area contributed by atoms with Gasteiger partial charge < -0.3 is 21.5 Å². The third-order valence-electron chi connectivity index (χ3n) is 2.66. The van der Waals surface area contributed by atoms with E-state index in [9.17, 15) is 4.79 Å². The second-order valence-electron chi connectivity index (χ2n) is 4.64. The maximum absolute atomic E-state index is 11.7. The lowest BCUT2D eigenvalue weighted by atomic mass is 10.2. The smallest absolute Gasteiger partial charge is 0.230 e. The molecule has 9 heteroatoms. The summed E-state index contributed by atoms with van der Waals surface area (Å²) >= 11 is 1.14. The van der Waals surface area contributed by atoms with E-state index in [4.69, 9.17) is 16.2 Å². The van der Waals surface area contributed by atoms with Gasteiger partial charge in [0.2, 0.25) is 17.8 Å². The molecule has 0 saturated carbocycles. The van der Waals surface area contributed by atoms with Crippen LogP contribution in [0.5, 0.6) is 5.75 Å². The molecule has 0 fully saturated rings. The van der Waals surface area contributed by atoms with Gasteiger partial charge in [-0.25, -0.2) is 0 Å². The van der Waals surface area contributed by atoms with E-state index in [1.54, 1.807) is 0 Å². The minimum absolute atomic E-state index is 0.0342. The molecule has 2 aromatic rings. The number of aromatic nitrogens is 3. The van der Waals surface area contributed by atoms with Crippen molar-refractivity contribution in [2.45, 2.75) is 12.1 Å². The Morgan fingerprint density at radius 2 is 2.00 bits per heavy atom. The van der Waals surface area contributed by atoms with Crippen LogP contribution in [-0.2, 0) is 4.79 Å². The Balaban J connectivity index is 1.67. The third kappa shape index (κ3) is 5.99. The van der Waals surface area contributed by atoms with Gasteiger partial charge in [0.1, 0.15) is 12.4 Å². The normalized spacial score (nSPS) is 10.3. The topological polar surface area (TPSA) is 129 Å². The Morgan fingerprint density at radius 3 is 2.70 bits per heavy atom. The van der Waals surface area contributed by atoms with Gasteiger partial charge in [-0.3, -0.25) is 4.79 Å². The van der Waals surface area contributed by atoms with Gasteiger partial charge in [-0.15, -0.1) is 0 Å². The van der Waals surface area contributed by atoms with Gasteiger partial charge in [0.15, 0.2) is 5.16 Å². The Bertz CT molecular complexity index is 662. The van der Waals surface area contributed by atoms with Gasteiger partial charge in [-0.2, -0.15) is 15.0 Å². The summed E-state index contributed by atoms with van der Waals surface area (Å²) in [5.74, 6) is 0.858. The quantitative estimate of drug-likeness (QED) is 0.497. The van der Waals surface area contributed by atoms with E-state index in [0.717, 1.165) is 23.1 Å². The lowest BCUT2D eigenvalue weighted by molar-refractivity contribution is -0.118. The van der Waals surface area contributed by atoms with Crippen molar-refractivity contribution in [3.63, 3.8) is 0 Å². The van der Waals surface area contributed by atoms with E-state index >= 15 is 0 Å². The Hall–Kier alpha value is -2.55. The van der Waals surface area contributed by atoms with E-state index in [2.05, 4.69) is 20.3 Å². The Morgan fingerprint density at radius 1 is 1.26 bits per heavy atom. The Labute approximate surface area is 138 Å². The van der Waals surface area contributed by atoms with E-state index in [1.807, 2.05) is 31.2 Å². The standard InChI is InChI=1S/C14H18N6O2S/c1-9-3-2-4-10(7-9)22-6-5-17-11(21)8-23-14-19-12(15)18-13(16)20-14/h2-4,7H,5-6,8H2,1H3,(H,17,21)(H4,15,16,18,19,20). The summed E-state index contributed by atoms with van der Waals surface area (Å²) in [5, 5.41) is 3.07. The fourth-order valence-corrected chi connectivity index (χ4v) is 2.38. The zero-order valence-corrected chi connectivity index (χ0v) is 13.5. The average molecular weight is 334 g/mol. The summed E-state index contributed by atoms with van der Waals surface area (Å²) in [7, 11) is 0. The van der Waals surface area contributed by atoms with Crippen LogP contribution in [0.15, 0.2) is 29.4 Å². The van der Waals surface area contributed by atoms with Crippen LogP contribution in [0.4, 0.5) is 11.9 Å². The maximum atomic E-state index is 11.7. The molecular weight excluding hydrogens is 316 g/mol. The summed E-state index contributed by atoms with van der Waals surface area (Å²) < 4.78 is 5.54. The largest absolute Gasteiger partial charge is 0.492 e. The van der Waals surface area contributed by atoms with Gasteiger partial charge in [0, 0.05) is 0 Å². The highest BCUT2D eigenvalue weighted by atomic mass is 32.2. The van der Waals surface area contributed by atoms with E-state index in [-0.39, 0.29) is 23.6 Å². The minimum Gasteiger partial charge on any atom is -0.492 e. The average Bonchev–Trinajstić information content (AvgIpc) is 2.49. The highest BCUT2D eigenvalue weighted by Crippen LogP contribution is 2.14. The third-order valence-corrected chi connectivity index (χ3v) is 3.51. The first-order valence-electron chi connectivity index (χ1n) is 6.89. The number of carbonyl (C=O) groups excluding carboxylic acids is 1. The van der Waals surface area contributed by atoms with Crippen LogP contribution >= 0.6 is 11.8 Å². The van der Waals surface area contributed by atoms with E-state index in [0.29, 0.717) is 18.3 Å². The number of thioether (sulfide) groups is 1. The van der Waals surface area contributed by atoms with Gasteiger partial charge in [0.25, 0.3) is 0 Å². The number of hydrogen-bond acceptors (Lipinski definition) is 8. The zero-order chi connectivity index (χ0) is 16.7. The molecule has 1 heterocycles. The second-order valence-corrected chi connectivity index (χ2v) is 5.58. The number of aryl methyl sites for hydroxylation is 1. The molecule has 0 aliphatic heterocycles. The van der Waals surface area contributed by atoms with Crippen LogP contribution in [0, 0.1) is 6.92 Å². The van der Waals surface area contributed by atoms with Crippen molar-refractivity contribution >= 4 is 29.6 Å². The fraction of sp³-hybridized carbons (Fsp3) is 0.286. The van der Waals surface area contributed by atoms with Gasteiger partial charge in [-0.1, -0.05) is 23.9 Å². The molecule has 0 saturated heterocycles. The monoisotopic (exact) mass is 334 g/mol. The van der Waals surface area contributed by atoms with Crippen LogP contribution in [0.3, 0.4) is 0 Å². The van der Waals surface area contributed by atoms with Crippen LogP contribution in [0.1, 0.15) is 5.56 Å². The molecule has 0 radical (unpaired) electrons. The van der Waals surface area contributed by atoms with Crippen LogP contribution < -0.4 is 21.5 Å². The molecule has 122 valence electrons. The molecule has 0 unspecified atom stereocenters. The lowest BCUT2D eigenvalue weighted by Crippen LogP contribution is -2.29. The van der Waals surface area contributed by atoms with Crippen molar-refractivity contribution in [2.75, 3.05) is 30.4 Å². The Kier molecular flexibility index (Phi) is 5.98. The number of amides is 1. The fourth-order valence-electron chi connectivity index (χ4n) is 1.70. The first kappa shape index (κ1) is 16.8. The molecule has 8 nitrogen and oxygen atoms in total. The molecule has 1 amide bonds. The number of nitrogens with two attached hydrogens (primary N) is 2. The first-order valence-corrected chi connectivity index (χ1v) is 7.87. The number of carbonyl (C=O) groups is 1. The number of nitrogen functional groups attached to an aromatic ring is 2. The summed E-state index contributed by atoms with van der Waals surface area (Å²) in [6, 6.07) is 7.73. The molecule has 1 aromatic carbocycles. The molecule has 0 atom stereocenters. The molecule has 1 aromatic heterocycles. The molecule has 2 rings (SSSR count). The van der Waals surface area contributed by atoms with Crippen LogP contribution in [0.2, 0.25) is 0 Å². The number of nitrogens with one attached hydrogen (secondary N) is 1. The summed E-state index contributed by atoms with van der Waals surface area (Å²) in [6.07, 6.45) is 0. The highest BCUT2D eigenvalue weighted by Gasteiger charge is 2.07. The first-order chi connectivity index (χ1) is 11.0. The molecule has 0 spiro atoms. The highest BCUT2D eigenvalue weighted by molar-refractivity contribution is 7.99. The summed E-state index contributed by atoms with van der Waals surface area (Å²) in [6.45, 7) is 2.80. The van der Waals surface area contributed by atoms with Crippen molar-refractivity contribution in [1.29, 1.82) is 0 Å². The maximum Gasteiger partial charge on any atom is 0.230 e. The van der Waals surface area contributed by atoms with Crippen molar-refractivity contribution in [1.82, 2.24) is 20.3 Å². The van der Waals surface area contributed by atoms with E-state index < -0.39 is 0 Å². The molecule has 0 aliphatic rings. The number of nitrogens with zero attached hydrogens (tertiary/aromatic N) is 3. The predicted molar refractivity (Wildman–Crippen MR) is 89.1 cm³/mol. The van der Waals surface area contributed by atoms with Crippen LogP contribution in [0.25, 0.3) is 0 Å². The number of anilines is 2. The molecule has 0 bridgehead atoms. The van der Waals surface area contributed by atoms with Gasteiger partial charge in [0.05, 0.1) is 12.3 Å². The van der Waals surface area contributed by atoms with E-state index in [1.165, 1.54) is 0 Å². The molecular formula is C14H18N6O2S. The van der Waals surface area contributed by atoms with Crippen molar-refractivity contribution in [3.05, 3.63) is 29.8 Å². The molecule has 5 N–H and O–H groups in total. The number of rotatable bonds is 7. The van der Waals surface area contributed by atoms with Gasteiger partial charge in [-0.05, 0) is 24.6 Å². The lowest BCUT2D eigenvalue weighted by Gasteiger charge is -2.08. The van der Waals surface area contributed by atoms with Crippen molar-refractivity contribution < 1.29 is 9.53 Å². The number of hydrogen-bond donors (Lipinski definition) is 3. The number of benzene rings is 1. The van der Waals surface area contributed by atoms with Gasteiger partial charge >= 0.3 is 0 Å². The second kappa shape index (κ2) is 8.18.